The van der Waals surface area contributed by atoms with Crippen LogP contribution in [0.1, 0.15) is 37.3 Å². The molecule has 1 aliphatic rings. The molecule has 2 atom stereocenters. The van der Waals surface area contributed by atoms with E-state index >= 15 is 0 Å². The minimum Gasteiger partial charge on any atom is -0.384 e. The van der Waals surface area contributed by atoms with Gasteiger partial charge in [0.1, 0.15) is 0 Å². The van der Waals surface area contributed by atoms with Gasteiger partial charge in [-0.3, -0.25) is 0 Å². The van der Waals surface area contributed by atoms with Gasteiger partial charge in [0.05, 0.1) is 5.60 Å². The van der Waals surface area contributed by atoms with E-state index in [1.807, 2.05) is 42.5 Å². The largest absolute Gasteiger partial charge is 0.384 e. The number of hydrogen-bond donors (Lipinski definition) is 1. The summed E-state index contributed by atoms with van der Waals surface area (Å²) in [6.07, 6.45) is 4.48. The fourth-order valence-electron chi connectivity index (χ4n) is 3.89. The van der Waals surface area contributed by atoms with Gasteiger partial charge in [0.25, 0.3) is 0 Å². The summed E-state index contributed by atoms with van der Waals surface area (Å²) in [6, 6.07) is 18.0. The lowest BCUT2D eigenvalue weighted by Gasteiger charge is -2.39. The number of hydrogen-bond acceptors (Lipinski definition) is 2. The first kappa shape index (κ1) is 18.4. The minimum atomic E-state index is -0.899. The summed E-state index contributed by atoms with van der Waals surface area (Å²) in [5.41, 5.74) is 1.21. The molecule has 0 radical (unpaired) electrons. The zero-order chi connectivity index (χ0) is 17.7. The van der Waals surface area contributed by atoms with Crippen LogP contribution in [0.2, 0.25) is 5.02 Å². The molecule has 1 aliphatic heterocycles. The van der Waals surface area contributed by atoms with Gasteiger partial charge in [0.2, 0.25) is 0 Å². The highest BCUT2D eigenvalue weighted by atomic mass is 35.5. The molecule has 1 fully saturated rings. The molecule has 1 heterocycles. The van der Waals surface area contributed by atoms with Crippen LogP contribution >= 0.6 is 11.6 Å². The van der Waals surface area contributed by atoms with Crippen molar-refractivity contribution in [2.45, 2.75) is 38.2 Å². The van der Waals surface area contributed by atoms with Gasteiger partial charge < -0.3 is 10.0 Å². The zero-order valence-corrected chi connectivity index (χ0v) is 15.8. The van der Waals surface area contributed by atoms with Crippen molar-refractivity contribution in [3.8, 4) is 0 Å². The molecule has 0 spiro atoms. The highest BCUT2D eigenvalue weighted by Crippen LogP contribution is 2.35. The highest BCUT2D eigenvalue weighted by molar-refractivity contribution is 6.30. The van der Waals surface area contributed by atoms with Crippen LogP contribution in [0.3, 0.4) is 0 Å². The number of rotatable bonds is 6. The molecule has 3 heteroatoms. The Labute approximate surface area is 156 Å². The lowest BCUT2D eigenvalue weighted by Crippen LogP contribution is -2.44. The average Bonchev–Trinajstić information content (AvgIpc) is 2.64. The fourth-order valence-corrected chi connectivity index (χ4v) is 4.01. The Balaban J connectivity index is 1.85. The fraction of sp³-hybridized carbons (Fsp3) is 0.455. The van der Waals surface area contributed by atoms with Crippen LogP contribution in [0.4, 0.5) is 0 Å². The number of nitrogens with zero attached hydrogens (tertiary/aromatic N) is 1. The van der Waals surface area contributed by atoms with Crippen molar-refractivity contribution in [2.24, 2.45) is 5.92 Å². The molecule has 1 saturated heterocycles. The van der Waals surface area contributed by atoms with Crippen LogP contribution in [0.15, 0.2) is 54.6 Å². The molecule has 2 nitrogen and oxygen atoms in total. The summed E-state index contributed by atoms with van der Waals surface area (Å²) in [5.74, 6) is 0.131. The second kappa shape index (κ2) is 8.35. The van der Waals surface area contributed by atoms with E-state index in [0.717, 1.165) is 30.8 Å². The molecular formula is C22H28ClNO. The monoisotopic (exact) mass is 357 g/mol. The maximum Gasteiger partial charge on any atom is 0.0974 e. The van der Waals surface area contributed by atoms with E-state index in [1.165, 1.54) is 19.3 Å². The summed E-state index contributed by atoms with van der Waals surface area (Å²) in [5, 5.41) is 12.5. The topological polar surface area (TPSA) is 23.5 Å². The molecule has 0 unspecified atom stereocenters. The molecule has 134 valence electrons. The molecule has 0 aromatic heterocycles. The van der Waals surface area contributed by atoms with Gasteiger partial charge in [-0.25, -0.2) is 0 Å². The molecule has 2 aromatic rings. The quantitative estimate of drug-likeness (QED) is 0.795. The molecular weight excluding hydrogens is 330 g/mol. The van der Waals surface area contributed by atoms with Crippen LogP contribution in [-0.4, -0.2) is 29.6 Å². The summed E-state index contributed by atoms with van der Waals surface area (Å²) in [6.45, 7) is 5.39. The van der Waals surface area contributed by atoms with Gasteiger partial charge in [-0.2, -0.15) is 0 Å². The Morgan fingerprint density at radius 1 is 1.00 bits per heavy atom. The lowest BCUT2D eigenvalue weighted by atomic mass is 9.77. The van der Waals surface area contributed by atoms with E-state index in [0.29, 0.717) is 11.4 Å². The smallest absolute Gasteiger partial charge is 0.0974 e. The van der Waals surface area contributed by atoms with Gasteiger partial charge in [-0.05, 0) is 49.2 Å². The first-order valence-corrected chi connectivity index (χ1v) is 9.70. The maximum atomic E-state index is 11.8. The van der Waals surface area contributed by atoms with E-state index in [-0.39, 0.29) is 5.92 Å². The number of aliphatic hydroxyl groups is 1. The number of likely N-dealkylation sites (tertiary alicyclic amines) is 1. The zero-order valence-electron chi connectivity index (χ0n) is 15.0. The van der Waals surface area contributed by atoms with Crippen molar-refractivity contribution in [2.75, 3.05) is 19.6 Å². The molecule has 0 bridgehead atoms. The van der Waals surface area contributed by atoms with Gasteiger partial charge in [-0.15, -0.1) is 0 Å². The Morgan fingerprint density at radius 2 is 1.64 bits per heavy atom. The van der Waals surface area contributed by atoms with Crippen molar-refractivity contribution >= 4 is 11.6 Å². The first-order valence-electron chi connectivity index (χ1n) is 9.32. The Hall–Kier alpha value is -1.35. The lowest BCUT2D eigenvalue weighted by molar-refractivity contribution is -0.0316. The Kier molecular flexibility index (Phi) is 6.16. The van der Waals surface area contributed by atoms with Gasteiger partial charge >= 0.3 is 0 Å². The molecule has 0 saturated carbocycles. The second-order valence-electron chi connectivity index (χ2n) is 7.36. The van der Waals surface area contributed by atoms with Crippen molar-refractivity contribution in [3.05, 3.63) is 70.7 Å². The predicted octanol–water partition coefficient (Wildman–Crippen LogP) is 4.89. The average molecular weight is 358 g/mol. The van der Waals surface area contributed by atoms with Crippen LogP contribution in [0.25, 0.3) is 0 Å². The van der Waals surface area contributed by atoms with E-state index in [1.54, 1.807) is 0 Å². The van der Waals surface area contributed by atoms with Crippen LogP contribution in [0.5, 0.6) is 0 Å². The van der Waals surface area contributed by atoms with E-state index in [4.69, 9.17) is 11.6 Å². The SMILES string of the molecule is C[C@H](CN1CCCCC1)[C@](O)(Cc1ccccc1)c1ccc(Cl)cc1. The standard InChI is InChI=1S/C22H28ClNO/c1-18(17-24-14-6-3-7-15-24)22(25,16-19-8-4-2-5-9-19)20-10-12-21(23)13-11-20/h2,4-5,8-13,18,25H,3,6-7,14-17H2,1H3/t18-,22-/m1/s1. The normalized spacial score (nSPS) is 19.3. The van der Waals surface area contributed by atoms with E-state index in [9.17, 15) is 5.11 Å². The molecule has 25 heavy (non-hydrogen) atoms. The third kappa shape index (κ3) is 4.63. The van der Waals surface area contributed by atoms with Gasteiger partial charge in [0, 0.05) is 23.9 Å². The van der Waals surface area contributed by atoms with Crippen LogP contribution in [-0.2, 0) is 12.0 Å². The van der Waals surface area contributed by atoms with Gasteiger partial charge in [0.15, 0.2) is 0 Å². The molecule has 3 rings (SSSR count). The van der Waals surface area contributed by atoms with Crippen molar-refractivity contribution in [1.82, 2.24) is 4.90 Å². The van der Waals surface area contributed by atoms with Crippen LogP contribution < -0.4 is 0 Å². The van der Waals surface area contributed by atoms with E-state index < -0.39 is 5.60 Å². The Bertz CT molecular complexity index is 651. The molecule has 0 aliphatic carbocycles. The minimum absolute atomic E-state index is 0.131. The second-order valence-corrected chi connectivity index (χ2v) is 7.79. The number of halogens is 1. The molecule has 0 amide bonds. The number of benzene rings is 2. The van der Waals surface area contributed by atoms with Crippen molar-refractivity contribution < 1.29 is 5.11 Å². The Morgan fingerprint density at radius 3 is 2.28 bits per heavy atom. The van der Waals surface area contributed by atoms with Crippen molar-refractivity contribution in [1.29, 1.82) is 0 Å². The van der Waals surface area contributed by atoms with Crippen molar-refractivity contribution in [3.63, 3.8) is 0 Å². The first-order chi connectivity index (χ1) is 12.1. The van der Waals surface area contributed by atoms with E-state index in [2.05, 4.69) is 24.0 Å². The third-order valence-corrected chi connectivity index (χ3v) is 5.71. The summed E-state index contributed by atoms with van der Waals surface area (Å²) in [7, 11) is 0. The summed E-state index contributed by atoms with van der Waals surface area (Å²) < 4.78 is 0. The van der Waals surface area contributed by atoms with Crippen LogP contribution in [0, 0.1) is 5.92 Å². The van der Waals surface area contributed by atoms with Gasteiger partial charge in [-0.1, -0.05) is 67.4 Å². The maximum absolute atomic E-state index is 11.8. The number of piperidine rings is 1. The molecule has 1 N–H and O–H groups in total. The highest BCUT2D eigenvalue weighted by Gasteiger charge is 2.37. The summed E-state index contributed by atoms with van der Waals surface area (Å²) in [4.78, 5) is 2.50. The summed E-state index contributed by atoms with van der Waals surface area (Å²) >= 11 is 6.07. The molecule has 2 aromatic carbocycles. The third-order valence-electron chi connectivity index (χ3n) is 5.46. The predicted molar refractivity (Wildman–Crippen MR) is 105 cm³/mol.